The number of hydrogen-bond acceptors (Lipinski definition) is 1. The molecule has 1 aromatic carbocycles. The van der Waals surface area contributed by atoms with Crippen molar-refractivity contribution in [1.82, 2.24) is 9.78 Å². The van der Waals surface area contributed by atoms with Crippen LogP contribution in [0.4, 0.5) is 0 Å². The van der Waals surface area contributed by atoms with Gasteiger partial charge in [0.15, 0.2) is 0 Å². The zero-order valence-corrected chi connectivity index (χ0v) is 11.4. The van der Waals surface area contributed by atoms with E-state index in [1.807, 2.05) is 12.1 Å². The van der Waals surface area contributed by atoms with Gasteiger partial charge < -0.3 is 0 Å². The van der Waals surface area contributed by atoms with Gasteiger partial charge in [0, 0.05) is 18.2 Å². The van der Waals surface area contributed by atoms with Gasteiger partial charge in [0.1, 0.15) is 0 Å². The molecule has 0 spiro atoms. The maximum Gasteiger partial charge on any atom is 0.270 e. The Morgan fingerprint density at radius 3 is 2.56 bits per heavy atom. The highest BCUT2D eigenvalue weighted by atomic mass is 16.1. The maximum absolute atomic E-state index is 12.1. The van der Waals surface area contributed by atoms with Crippen LogP contribution in [0.25, 0.3) is 11.3 Å². The lowest BCUT2D eigenvalue weighted by Gasteiger charge is -2.07. The van der Waals surface area contributed by atoms with Crippen LogP contribution in [-0.2, 0) is 13.5 Å². The van der Waals surface area contributed by atoms with Gasteiger partial charge in [0.25, 0.3) is 5.56 Å². The molecule has 3 nitrogen and oxygen atoms in total. The van der Waals surface area contributed by atoms with Crippen LogP contribution in [-0.4, -0.2) is 9.78 Å². The smallest absolute Gasteiger partial charge is 0.270 e. The first kappa shape index (κ1) is 12.7. The molecule has 0 fully saturated rings. The van der Waals surface area contributed by atoms with E-state index in [9.17, 15) is 4.79 Å². The van der Waals surface area contributed by atoms with Crippen LogP contribution < -0.4 is 5.56 Å². The Kier molecular flexibility index (Phi) is 3.41. The van der Waals surface area contributed by atoms with Crippen LogP contribution in [0.2, 0.25) is 0 Å². The first-order valence-corrected chi connectivity index (χ1v) is 6.34. The van der Waals surface area contributed by atoms with Crippen LogP contribution in [0.1, 0.15) is 25.0 Å². The van der Waals surface area contributed by atoms with Gasteiger partial charge in [-0.25, -0.2) is 0 Å². The number of aromatic amines is 1. The molecule has 1 heterocycles. The number of benzene rings is 1. The number of rotatable bonds is 3. The summed E-state index contributed by atoms with van der Waals surface area (Å²) in [4.78, 5) is 12.1. The molecule has 1 N–H and O–H groups in total. The van der Waals surface area contributed by atoms with Gasteiger partial charge in [0.05, 0.1) is 5.69 Å². The Labute approximate surface area is 107 Å². The standard InChI is InChI=1S/C15H20N2O/c1-10(2)9-13-14(16-17(4)15(13)18)12-8-6-5-7-11(12)3/h5-8,10,16H,9H2,1-4H3. The van der Waals surface area contributed by atoms with Gasteiger partial charge in [-0.3, -0.25) is 14.6 Å². The SMILES string of the molecule is Cc1ccccc1-c1[nH]n(C)c(=O)c1CC(C)C. The fraction of sp³-hybridized carbons (Fsp3) is 0.400. The van der Waals surface area contributed by atoms with Crippen molar-refractivity contribution in [1.29, 1.82) is 0 Å². The zero-order chi connectivity index (χ0) is 13.3. The Balaban J connectivity index is 2.61. The highest BCUT2D eigenvalue weighted by Crippen LogP contribution is 2.24. The van der Waals surface area contributed by atoms with E-state index in [1.54, 1.807) is 11.7 Å². The molecular formula is C15H20N2O. The first-order valence-electron chi connectivity index (χ1n) is 6.34. The highest BCUT2D eigenvalue weighted by molar-refractivity contribution is 5.66. The van der Waals surface area contributed by atoms with E-state index < -0.39 is 0 Å². The maximum atomic E-state index is 12.1. The van der Waals surface area contributed by atoms with Gasteiger partial charge in [-0.15, -0.1) is 0 Å². The minimum atomic E-state index is 0.0851. The molecule has 0 aliphatic carbocycles. The van der Waals surface area contributed by atoms with E-state index in [-0.39, 0.29) is 5.56 Å². The third kappa shape index (κ3) is 2.26. The largest absolute Gasteiger partial charge is 0.295 e. The van der Waals surface area contributed by atoms with E-state index in [2.05, 4.69) is 38.0 Å². The molecule has 0 aliphatic rings. The highest BCUT2D eigenvalue weighted by Gasteiger charge is 2.16. The van der Waals surface area contributed by atoms with Crippen molar-refractivity contribution in [2.24, 2.45) is 13.0 Å². The van der Waals surface area contributed by atoms with E-state index in [0.717, 1.165) is 23.2 Å². The summed E-state index contributed by atoms with van der Waals surface area (Å²) in [5.41, 5.74) is 4.24. The van der Waals surface area contributed by atoms with Crippen molar-refractivity contribution >= 4 is 0 Å². The second-order valence-corrected chi connectivity index (χ2v) is 5.24. The molecule has 0 bridgehead atoms. The van der Waals surface area contributed by atoms with E-state index in [0.29, 0.717) is 5.92 Å². The molecule has 0 atom stereocenters. The van der Waals surface area contributed by atoms with Crippen LogP contribution in [0, 0.1) is 12.8 Å². The number of aromatic nitrogens is 2. The van der Waals surface area contributed by atoms with Crippen molar-refractivity contribution in [3.8, 4) is 11.3 Å². The summed E-state index contributed by atoms with van der Waals surface area (Å²) in [6.45, 7) is 6.34. The van der Waals surface area contributed by atoms with Gasteiger partial charge >= 0.3 is 0 Å². The average Bonchev–Trinajstić information content (AvgIpc) is 2.57. The van der Waals surface area contributed by atoms with Gasteiger partial charge in [-0.05, 0) is 24.8 Å². The molecule has 0 amide bonds. The van der Waals surface area contributed by atoms with Crippen LogP contribution in [0.3, 0.4) is 0 Å². The minimum absolute atomic E-state index is 0.0851. The fourth-order valence-electron chi connectivity index (χ4n) is 2.27. The predicted molar refractivity (Wildman–Crippen MR) is 74.7 cm³/mol. The molecule has 1 aromatic heterocycles. The Hall–Kier alpha value is -1.77. The molecule has 3 heteroatoms. The number of H-pyrrole nitrogens is 1. The second kappa shape index (κ2) is 4.84. The molecule has 2 aromatic rings. The molecule has 0 unspecified atom stereocenters. The Morgan fingerprint density at radius 2 is 1.94 bits per heavy atom. The zero-order valence-electron chi connectivity index (χ0n) is 11.4. The summed E-state index contributed by atoms with van der Waals surface area (Å²) >= 11 is 0. The molecule has 0 saturated heterocycles. The lowest BCUT2D eigenvalue weighted by atomic mass is 9.97. The number of hydrogen-bond donors (Lipinski definition) is 1. The Morgan fingerprint density at radius 1 is 1.28 bits per heavy atom. The van der Waals surface area contributed by atoms with E-state index >= 15 is 0 Å². The molecule has 0 radical (unpaired) electrons. The lowest BCUT2D eigenvalue weighted by Crippen LogP contribution is -2.16. The quantitative estimate of drug-likeness (QED) is 0.885. The average molecular weight is 244 g/mol. The summed E-state index contributed by atoms with van der Waals surface area (Å²) in [7, 11) is 1.77. The van der Waals surface area contributed by atoms with Gasteiger partial charge in [0.2, 0.25) is 0 Å². The van der Waals surface area contributed by atoms with Gasteiger partial charge in [-0.2, -0.15) is 0 Å². The van der Waals surface area contributed by atoms with Crippen molar-refractivity contribution in [2.75, 3.05) is 0 Å². The second-order valence-electron chi connectivity index (χ2n) is 5.24. The van der Waals surface area contributed by atoms with Crippen molar-refractivity contribution in [2.45, 2.75) is 27.2 Å². The van der Waals surface area contributed by atoms with Crippen LogP contribution >= 0.6 is 0 Å². The molecule has 18 heavy (non-hydrogen) atoms. The third-order valence-electron chi connectivity index (χ3n) is 3.17. The van der Waals surface area contributed by atoms with Crippen molar-refractivity contribution in [3.63, 3.8) is 0 Å². The molecule has 0 saturated carbocycles. The third-order valence-corrected chi connectivity index (χ3v) is 3.17. The lowest BCUT2D eigenvalue weighted by molar-refractivity contribution is 0.642. The summed E-state index contributed by atoms with van der Waals surface area (Å²) in [6, 6.07) is 8.15. The monoisotopic (exact) mass is 244 g/mol. The van der Waals surface area contributed by atoms with Crippen LogP contribution in [0.15, 0.2) is 29.1 Å². The fourth-order valence-corrected chi connectivity index (χ4v) is 2.27. The summed E-state index contributed by atoms with van der Waals surface area (Å²) in [5.74, 6) is 0.469. The normalized spacial score (nSPS) is 11.2. The summed E-state index contributed by atoms with van der Waals surface area (Å²) in [6.07, 6.45) is 0.805. The van der Waals surface area contributed by atoms with Crippen molar-refractivity contribution in [3.05, 3.63) is 45.7 Å². The van der Waals surface area contributed by atoms with E-state index in [4.69, 9.17) is 0 Å². The van der Waals surface area contributed by atoms with Crippen LogP contribution in [0.5, 0.6) is 0 Å². The predicted octanol–water partition coefficient (Wildman–Crippen LogP) is 2.89. The van der Waals surface area contributed by atoms with Crippen molar-refractivity contribution < 1.29 is 0 Å². The minimum Gasteiger partial charge on any atom is -0.295 e. The number of aryl methyl sites for hydroxylation is 2. The number of nitrogens with one attached hydrogen (secondary N) is 1. The van der Waals surface area contributed by atoms with Gasteiger partial charge in [-0.1, -0.05) is 38.1 Å². The first-order chi connectivity index (χ1) is 8.50. The van der Waals surface area contributed by atoms with E-state index in [1.165, 1.54) is 5.56 Å². The molecule has 0 aliphatic heterocycles. The molecule has 96 valence electrons. The molecular weight excluding hydrogens is 224 g/mol. The summed E-state index contributed by atoms with van der Waals surface area (Å²) in [5, 5.41) is 3.18. The topological polar surface area (TPSA) is 37.8 Å². The molecule has 2 rings (SSSR count). The summed E-state index contributed by atoms with van der Waals surface area (Å²) < 4.78 is 1.57. The number of nitrogens with zero attached hydrogens (tertiary/aromatic N) is 1. The Bertz CT molecular complexity index is 605.